The third kappa shape index (κ3) is 6.41. The largest absolute Gasteiger partial charge is 0.463 e. The smallest absolute Gasteiger partial charge is 0.323 e. The molecule has 0 fully saturated rings. The molecular weight excluding hydrogens is 272 g/mol. The molecular formula is C11H19F2N5O2. The lowest BCUT2D eigenvalue weighted by Gasteiger charge is -2.09. The molecule has 0 aliphatic heterocycles. The van der Waals surface area contributed by atoms with E-state index in [9.17, 15) is 8.78 Å². The van der Waals surface area contributed by atoms with E-state index >= 15 is 0 Å². The molecule has 0 amide bonds. The number of nitrogens with one attached hydrogen (secondary N) is 2. The number of hydrogen-bond donors (Lipinski definition) is 2. The zero-order chi connectivity index (χ0) is 14.8. The monoisotopic (exact) mass is 291 g/mol. The summed E-state index contributed by atoms with van der Waals surface area (Å²) in [5.74, 6) is 0.665. The Morgan fingerprint density at radius 2 is 1.90 bits per heavy atom. The fourth-order valence-corrected chi connectivity index (χ4v) is 1.21. The molecule has 1 aromatic heterocycles. The summed E-state index contributed by atoms with van der Waals surface area (Å²) >= 11 is 0. The Kier molecular flexibility index (Phi) is 7.48. The first kappa shape index (κ1) is 16.3. The zero-order valence-electron chi connectivity index (χ0n) is 11.5. The molecule has 1 rings (SSSR count). The lowest BCUT2D eigenvalue weighted by molar-refractivity contribution is 0.0214. The van der Waals surface area contributed by atoms with Gasteiger partial charge in [0.1, 0.15) is 6.61 Å². The first-order chi connectivity index (χ1) is 9.65. The fraction of sp³-hybridized carbons (Fsp3) is 0.727. The number of nitrogens with zero attached hydrogens (tertiary/aromatic N) is 3. The van der Waals surface area contributed by atoms with E-state index in [1.54, 1.807) is 7.05 Å². The Morgan fingerprint density at radius 1 is 1.15 bits per heavy atom. The molecule has 9 heteroatoms. The van der Waals surface area contributed by atoms with E-state index in [0.717, 1.165) is 6.42 Å². The van der Waals surface area contributed by atoms with Gasteiger partial charge in [-0.05, 0) is 6.42 Å². The van der Waals surface area contributed by atoms with Crippen LogP contribution in [0.25, 0.3) is 0 Å². The first-order valence-electron chi connectivity index (χ1n) is 6.32. The van der Waals surface area contributed by atoms with E-state index in [4.69, 9.17) is 9.47 Å². The van der Waals surface area contributed by atoms with Gasteiger partial charge in [-0.1, -0.05) is 6.92 Å². The normalized spacial score (nSPS) is 10.7. The molecule has 0 saturated carbocycles. The van der Waals surface area contributed by atoms with Gasteiger partial charge in [-0.3, -0.25) is 0 Å². The second-order valence-corrected chi connectivity index (χ2v) is 3.76. The van der Waals surface area contributed by atoms with E-state index in [-0.39, 0.29) is 12.6 Å². The summed E-state index contributed by atoms with van der Waals surface area (Å²) in [6, 6.07) is 0.210. The predicted molar refractivity (Wildman–Crippen MR) is 70.5 cm³/mol. The van der Waals surface area contributed by atoms with Crippen molar-refractivity contribution in [2.75, 3.05) is 44.0 Å². The fourth-order valence-electron chi connectivity index (χ4n) is 1.21. The van der Waals surface area contributed by atoms with Crippen LogP contribution in [0.4, 0.5) is 20.7 Å². The summed E-state index contributed by atoms with van der Waals surface area (Å²) in [5.41, 5.74) is 0. The van der Waals surface area contributed by atoms with Crippen molar-refractivity contribution >= 4 is 11.9 Å². The van der Waals surface area contributed by atoms with Crippen LogP contribution < -0.4 is 15.4 Å². The van der Waals surface area contributed by atoms with Crippen LogP contribution in [0.15, 0.2) is 0 Å². The molecule has 1 aromatic rings. The standard InChI is InChI=1S/C11H19F2N5O2/c1-3-5-20-11-17-9(14-2)16-10(18-11)15-4-6-19-7-8(12)13/h8H,3-7H2,1-2H3,(H2,14,15,16,17,18). The number of alkyl halides is 2. The van der Waals surface area contributed by atoms with Gasteiger partial charge in [0, 0.05) is 13.6 Å². The van der Waals surface area contributed by atoms with Gasteiger partial charge in [0.05, 0.1) is 13.2 Å². The number of aromatic nitrogens is 3. The van der Waals surface area contributed by atoms with E-state index in [2.05, 4.69) is 25.6 Å². The third-order valence-electron chi connectivity index (χ3n) is 2.05. The van der Waals surface area contributed by atoms with Crippen LogP contribution in [0.2, 0.25) is 0 Å². The summed E-state index contributed by atoms with van der Waals surface area (Å²) in [4.78, 5) is 12.1. The summed E-state index contributed by atoms with van der Waals surface area (Å²) in [6.07, 6.45) is -1.62. The zero-order valence-corrected chi connectivity index (χ0v) is 11.5. The molecule has 114 valence electrons. The molecule has 0 saturated heterocycles. The van der Waals surface area contributed by atoms with Crippen molar-refractivity contribution in [1.29, 1.82) is 0 Å². The molecule has 0 radical (unpaired) electrons. The van der Waals surface area contributed by atoms with Crippen LogP contribution in [0.1, 0.15) is 13.3 Å². The summed E-state index contributed by atoms with van der Waals surface area (Å²) in [6.45, 7) is 2.35. The number of rotatable bonds is 10. The Bertz CT molecular complexity index is 395. The van der Waals surface area contributed by atoms with Gasteiger partial charge in [0.25, 0.3) is 6.43 Å². The average molecular weight is 291 g/mol. The third-order valence-corrected chi connectivity index (χ3v) is 2.05. The van der Waals surface area contributed by atoms with Crippen LogP contribution in [0.3, 0.4) is 0 Å². The number of halogens is 2. The second-order valence-electron chi connectivity index (χ2n) is 3.76. The highest BCUT2D eigenvalue weighted by atomic mass is 19.3. The van der Waals surface area contributed by atoms with Crippen LogP contribution in [0, 0.1) is 0 Å². The maximum Gasteiger partial charge on any atom is 0.323 e. The van der Waals surface area contributed by atoms with Crippen molar-refractivity contribution in [3.63, 3.8) is 0 Å². The van der Waals surface area contributed by atoms with Crippen molar-refractivity contribution in [3.8, 4) is 6.01 Å². The van der Waals surface area contributed by atoms with E-state index < -0.39 is 13.0 Å². The highest BCUT2D eigenvalue weighted by Crippen LogP contribution is 2.10. The molecule has 0 unspecified atom stereocenters. The molecule has 0 spiro atoms. The maximum absolute atomic E-state index is 11.9. The van der Waals surface area contributed by atoms with Crippen LogP contribution in [0.5, 0.6) is 6.01 Å². The number of anilines is 2. The average Bonchev–Trinajstić information content (AvgIpc) is 2.44. The Balaban J connectivity index is 2.46. The minimum Gasteiger partial charge on any atom is -0.463 e. The van der Waals surface area contributed by atoms with E-state index in [1.807, 2.05) is 6.92 Å². The number of hydrogen-bond acceptors (Lipinski definition) is 7. The molecule has 0 atom stereocenters. The van der Waals surface area contributed by atoms with Crippen molar-refractivity contribution in [1.82, 2.24) is 15.0 Å². The van der Waals surface area contributed by atoms with Crippen LogP contribution in [-0.4, -0.2) is 54.8 Å². The van der Waals surface area contributed by atoms with Crippen molar-refractivity contribution in [2.45, 2.75) is 19.8 Å². The number of ether oxygens (including phenoxy) is 2. The van der Waals surface area contributed by atoms with E-state index in [0.29, 0.717) is 25.0 Å². The Labute approximate surface area is 116 Å². The quantitative estimate of drug-likeness (QED) is 0.630. The minimum absolute atomic E-state index is 0.135. The van der Waals surface area contributed by atoms with Crippen LogP contribution in [-0.2, 0) is 4.74 Å². The summed E-state index contributed by atoms with van der Waals surface area (Å²) in [7, 11) is 1.68. The molecule has 0 bridgehead atoms. The van der Waals surface area contributed by atoms with Gasteiger partial charge < -0.3 is 20.1 Å². The van der Waals surface area contributed by atoms with E-state index in [1.165, 1.54) is 0 Å². The highest BCUT2D eigenvalue weighted by molar-refractivity contribution is 5.35. The van der Waals surface area contributed by atoms with Crippen molar-refractivity contribution in [2.24, 2.45) is 0 Å². The second kappa shape index (κ2) is 9.18. The van der Waals surface area contributed by atoms with Gasteiger partial charge >= 0.3 is 6.01 Å². The lowest BCUT2D eigenvalue weighted by Crippen LogP contribution is -2.15. The summed E-state index contributed by atoms with van der Waals surface area (Å²) in [5, 5.41) is 5.65. The Hall–Kier alpha value is -1.77. The molecule has 1 heterocycles. The summed E-state index contributed by atoms with van der Waals surface area (Å²) < 4.78 is 33.8. The topological polar surface area (TPSA) is 81.2 Å². The lowest BCUT2D eigenvalue weighted by atomic mass is 10.5. The Morgan fingerprint density at radius 3 is 2.55 bits per heavy atom. The van der Waals surface area contributed by atoms with Gasteiger partial charge in [-0.2, -0.15) is 15.0 Å². The molecule has 7 nitrogen and oxygen atoms in total. The van der Waals surface area contributed by atoms with Gasteiger partial charge in [0.2, 0.25) is 11.9 Å². The first-order valence-corrected chi connectivity index (χ1v) is 6.32. The van der Waals surface area contributed by atoms with Gasteiger partial charge in [-0.25, -0.2) is 8.78 Å². The maximum atomic E-state index is 11.9. The molecule has 2 N–H and O–H groups in total. The minimum atomic E-state index is -2.46. The predicted octanol–water partition coefficient (Wildman–Crippen LogP) is 1.40. The molecule has 0 aromatic carbocycles. The highest BCUT2D eigenvalue weighted by Gasteiger charge is 2.06. The molecule has 0 aliphatic rings. The van der Waals surface area contributed by atoms with Gasteiger partial charge in [0.15, 0.2) is 0 Å². The SMILES string of the molecule is CCCOc1nc(NC)nc(NCCOCC(F)F)n1. The van der Waals surface area contributed by atoms with Gasteiger partial charge in [-0.15, -0.1) is 0 Å². The van der Waals surface area contributed by atoms with Crippen LogP contribution >= 0.6 is 0 Å². The van der Waals surface area contributed by atoms with Crippen molar-refractivity contribution < 1.29 is 18.3 Å². The van der Waals surface area contributed by atoms with Crippen molar-refractivity contribution in [3.05, 3.63) is 0 Å². The molecule has 0 aliphatic carbocycles. The molecule has 20 heavy (non-hydrogen) atoms.